The molecule has 37 nitrogen and oxygen atoms in total. The monoisotopic (exact) mass is 2190 g/mol. The molecule has 0 spiro atoms. The van der Waals surface area contributed by atoms with Crippen LogP contribution >= 0.6 is 0 Å². The third-order valence-electron chi connectivity index (χ3n) is 18.8. The normalized spacial score (nSPS) is 11.9. The molecule has 0 aromatic heterocycles. The molecule has 922 valence electrons. The van der Waals surface area contributed by atoms with Gasteiger partial charge in [0.15, 0.2) is 0 Å². The van der Waals surface area contributed by atoms with Gasteiger partial charge >= 0.3 is 6.18 Å². The second-order valence-electron chi connectivity index (χ2n) is 34.0. The molecule has 0 aromatic rings. The smallest absolute Gasteiger partial charge is 0.394 e. The van der Waals surface area contributed by atoms with E-state index in [0.29, 0.717) is 72.3 Å². The zero-order chi connectivity index (χ0) is 117. The Kier molecular flexibility index (Phi) is 232. The highest BCUT2D eigenvalue weighted by Gasteiger charge is 2.53. The zero-order valence-corrected chi connectivity index (χ0v) is 95.7. The Balaban J connectivity index is -0.0000000825. The summed E-state index contributed by atoms with van der Waals surface area (Å²) in [7, 11) is 1.97. The molecule has 2 saturated heterocycles. The maximum Gasteiger partial charge on any atom is 0.394 e. The van der Waals surface area contributed by atoms with Crippen molar-refractivity contribution in [2.45, 2.75) is 361 Å². The number of morpholine rings is 2. The Morgan fingerprint density at radius 1 is 0.264 bits per heavy atom. The van der Waals surface area contributed by atoms with Crippen LogP contribution in [0.2, 0.25) is 0 Å². The molecule has 51 N–H and O–H groups in total. The van der Waals surface area contributed by atoms with E-state index in [9.17, 15) is 39.5 Å². The van der Waals surface area contributed by atoms with Crippen molar-refractivity contribution in [3.8, 4) is 0 Å². The number of nitrogens with zero attached hydrogens (tertiary/aromatic N) is 2. The predicted octanol–water partition coefficient (Wildman–Crippen LogP) is 6.47. The topological polar surface area (TPSA) is 767 Å². The van der Waals surface area contributed by atoms with Gasteiger partial charge in [-0.25, -0.2) is 26.3 Å². The molecule has 0 bridgehead atoms. The number of ether oxygens (including phenoxy) is 3. The molecule has 2 rings (SSSR count). The van der Waals surface area contributed by atoms with Crippen molar-refractivity contribution in [1.29, 1.82) is 0 Å². The molecule has 1 unspecified atom stereocenters. The van der Waals surface area contributed by atoms with Crippen molar-refractivity contribution < 1.29 is 105 Å². The van der Waals surface area contributed by atoms with Gasteiger partial charge in [0.25, 0.3) is 17.8 Å². The molecule has 0 amide bonds. The third kappa shape index (κ3) is 262. The Bertz CT molecular complexity index is 1780. The fourth-order valence-corrected chi connectivity index (χ4v) is 10.4. The van der Waals surface area contributed by atoms with Crippen LogP contribution in [0.25, 0.3) is 0 Å². The molecular weight excluding hydrogens is 1940 g/mol. The Labute approximate surface area is 898 Å². The van der Waals surface area contributed by atoms with Crippen LogP contribution in [0.15, 0.2) is 0 Å². The minimum Gasteiger partial charge on any atom is -0.396 e. The summed E-state index contributed by atoms with van der Waals surface area (Å²) in [4.78, 5) is 4.72. The summed E-state index contributed by atoms with van der Waals surface area (Å²) in [5, 5.41) is 90.9. The van der Waals surface area contributed by atoms with E-state index in [1.54, 1.807) is 0 Å². The highest BCUT2D eigenvalue weighted by atomic mass is 19.4. The van der Waals surface area contributed by atoms with E-state index in [0.717, 1.165) is 267 Å². The van der Waals surface area contributed by atoms with Gasteiger partial charge < -0.3 is 190 Å². The number of nitrogens with two attached hydrogens (primary N) is 19. The van der Waals surface area contributed by atoms with Crippen molar-refractivity contribution in [3.05, 3.63) is 0 Å². The Hall–Kier alpha value is -2.11. The van der Waals surface area contributed by atoms with Gasteiger partial charge in [0.05, 0.1) is 78.4 Å². The fraction of sp³-hybridized carbons (Fsp3) is 1.00. The van der Waals surface area contributed by atoms with Gasteiger partial charge in [-0.2, -0.15) is 13.2 Å². The summed E-state index contributed by atoms with van der Waals surface area (Å²) in [6.45, 7) is 42.5. The lowest BCUT2D eigenvalue weighted by Gasteiger charge is -2.27. The van der Waals surface area contributed by atoms with Gasteiger partial charge in [0.1, 0.15) is 6.42 Å². The highest BCUT2D eigenvalue weighted by molar-refractivity contribution is 4.85. The number of alkyl halides is 9. The highest BCUT2D eigenvalue weighted by Crippen LogP contribution is 2.43. The fourth-order valence-electron chi connectivity index (χ4n) is 10.4. The summed E-state index contributed by atoms with van der Waals surface area (Å²) < 4.78 is 127. The Morgan fingerprint density at radius 2 is 0.547 bits per heavy atom. The maximum atomic E-state index is 12.9. The Morgan fingerprint density at radius 3 is 0.804 bits per heavy atom. The third-order valence-corrected chi connectivity index (χ3v) is 18.8. The van der Waals surface area contributed by atoms with Crippen LogP contribution in [0.1, 0.15) is 330 Å². The van der Waals surface area contributed by atoms with Gasteiger partial charge in [0, 0.05) is 131 Å². The number of hydrogen-bond acceptors (Lipinski definition) is 37. The van der Waals surface area contributed by atoms with E-state index >= 15 is 0 Å². The number of rotatable bonds is 73. The molecule has 2 heterocycles. The van der Waals surface area contributed by atoms with E-state index in [2.05, 4.69) is 67.3 Å². The van der Waals surface area contributed by atoms with Crippen LogP contribution in [-0.2, 0) is 14.2 Å². The minimum absolute atomic E-state index is 0.0833. The molecule has 148 heavy (non-hydrogen) atoms. The average molecular weight is 2200 g/mol. The molecule has 2 aliphatic heterocycles. The number of hydrogen-bond donors (Lipinski definition) is 32. The molecule has 0 aromatic carbocycles. The summed E-state index contributed by atoms with van der Waals surface area (Å²) in [5.74, 6) is -13.4. The number of unbranched alkanes of at least 4 members (excludes halogenated alkanes) is 27. The largest absolute Gasteiger partial charge is 0.396 e. The number of aliphatic hydroxyl groups excluding tert-OH is 10. The SMILES string of the molecule is CCCCCCCCN.CCCCCCCCN.CCCCCCN.CCCCCN.CCCCN.CCCCN.CNCCCCCN.NCC(O)CO.NCCC(F)(F)CC(F)(F)CC(F)(F)CC(F)(F)F.NCCCCCCO.NCCCCCO.NCCCCCO.NCCCCO.NCCCN1CCOCC1.NCCCO.NCCN1CCOCC1.NCCNCCCO.NCCNCCO.NCCOCCO. The lowest BCUT2D eigenvalue weighted by atomic mass is 9.99. The van der Waals surface area contributed by atoms with E-state index < -0.39 is 62.3 Å². The van der Waals surface area contributed by atoms with E-state index in [1.165, 1.54) is 167 Å². The first-order valence-electron chi connectivity index (χ1n) is 56.0. The number of nitrogens with one attached hydrogen (secondary N) is 3. The van der Waals surface area contributed by atoms with E-state index in [-0.39, 0.29) is 46.2 Å². The van der Waals surface area contributed by atoms with Crippen LogP contribution in [0.3, 0.4) is 0 Å². The van der Waals surface area contributed by atoms with E-state index in [1.807, 2.05) is 7.05 Å². The average Bonchev–Trinajstić information content (AvgIpc) is 0.826. The molecule has 0 aliphatic carbocycles. The summed E-state index contributed by atoms with van der Waals surface area (Å²) in [6.07, 6.45) is 33.4. The van der Waals surface area contributed by atoms with Crippen LogP contribution in [0.4, 0.5) is 39.5 Å². The van der Waals surface area contributed by atoms with Crippen LogP contribution in [-0.4, -0.2) is 393 Å². The van der Waals surface area contributed by atoms with Gasteiger partial charge in [0.2, 0.25) is 0 Å². The first kappa shape index (κ1) is 184. The predicted molar refractivity (Wildman–Crippen MR) is 610 cm³/mol. The number of halogens is 9. The van der Waals surface area contributed by atoms with Crippen molar-refractivity contribution in [1.82, 2.24) is 25.8 Å². The second kappa shape index (κ2) is 186. The van der Waals surface area contributed by atoms with Crippen LogP contribution < -0.4 is 125 Å². The second-order valence-corrected chi connectivity index (χ2v) is 34.0. The van der Waals surface area contributed by atoms with Gasteiger partial charge in [-0.05, 0) is 253 Å². The lowest BCUT2D eigenvalue weighted by Crippen LogP contribution is -2.39. The molecule has 2 fully saturated rings. The molecule has 0 radical (unpaired) electrons. The minimum atomic E-state index is -5.36. The van der Waals surface area contributed by atoms with Crippen molar-refractivity contribution >= 4 is 0 Å². The van der Waals surface area contributed by atoms with Crippen molar-refractivity contribution in [2.75, 3.05) is 302 Å². The lowest BCUT2D eigenvalue weighted by molar-refractivity contribution is -0.213. The zero-order valence-electron chi connectivity index (χ0n) is 95.7. The molecule has 1 atom stereocenters. The van der Waals surface area contributed by atoms with Crippen LogP contribution in [0.5, 0.6) is 0 Å². The standard InChI is InChI=1S/C9H12F9N.2C8H19N.C7H16N2O.C6H14N2O.C6H16N2.C6H15NO.C6H15N.C5H14N2O.2C5H13NO.C5H13N.C4H12N2O.C4H11NO2.C4H11NO.2C4H11N.C3H9NO2.C3H9NO/c10-6(11,1-2-19)3-7(12,13)4-8(14,15)5-9(16,17)18;2*1-2-3-4-5-6-7-8-9;8-2-1-3-9-4-6-10-7-5-9;7-1-2-8-3-5-9-6-4-8;1-8-6-4-2-3-5-7;7-5-3-1-2-4-6-8;1-2-3-4-5-6-7;6-2-4-7-3-1-5-8;2*6-4-2-1-3-5-7;1-2-3-4-5-6;5-1-2-6-3-4-7;5-1-3-7-4-2-6;5-3-1-2-4-6;2*1-2-3-4-5;4-1-3(6)2-5;4-2-1-3-5/h1-5,19H2;2*2-9H2,1H3;1-8H2;1-7H2;8H,2-7H2,1H3;8H,1-7H2;2-7H2,1H3;7-8H,1-6H2;2*7H,1-6H2;2-6H2,1H3;6-7H,1-5H2;6H,1-5H2;6H,1-5H2;2*2-5H2,1H3;3,5-6H,1-2,4H2;5H,1-4H2. The maximum absolute atomic E-state index is 12.9. The van der Waals surface area contributed by atoms with Gasteiger partial charge in [-0.1, -0.05) is 170 Å². The summed E-state index contributed by atoms with van der Waals surface area (Å²) >= 11 is 0. The van der Waals surface area contributed by atoms with Crippen LogP contribution in [0, 0.1) is 0 Å². The quantitative estimate of drug-likeness (QED) is 0.0229. The van der Waals surface area contributed by atoms with Gasteiger partial charge in [-0.15, -0.1) is 0 Å². The van der Waals surface area contributed by atoms with Crippen molar-refractivity contribution in [2.24, 2.45) is 109 Å². The molecule has 46 heteroatoms. The number of aliphatic hydroxyl groups is 10. The van der Waals surface area contributed by atoms with Crippen molar-refractivity contribution in [3.63, 3.8) is 0 Å². The summed E-state index contributed by atoms with van der Waals surface area (Å²) in [5.41, 5.74) is 98.2. The summed E-state index contributed by atoms with van der Waals surface area (Å²) in [6, 6.07) is 0. The molecule has 0 saturated carbocycles. The molecule has 2 aliphatic rings. The van der Waals surface area contributed by atoms with Gasteiger partial charge in [-0.3, -0.25) is 9.80 Å². The molecular formula is C102H253F9N24O13. The first-order chi connectivity index (χ1) is 71.1. The first-order valence-corrected chi connectivity index (χ1v) is 56.0. The van der Waals surface area contributed by atoms with E-state index in [4.69, 9.17) is 174 Å².